The van der Waals surface area contributed by atoms with Crippen LogP contribution in [-0.2, 0) is 10.0 Å². The van der Waals surface area contributed by atoms with Gasteiger partial charge < -0.3 is 0 Å². The van der Waals surface area contributed by atoms with E-state index in [1.165, 1.54) is 28.9 Å². The molecule has 0 fully saturated rings. The summed E-state index contributed by atoms with van der Waals surface area (Å²) in [5, 5.41) is 4.14. The molecule has 0 amide bonds. The molecule has 9 heteroatoms. The number of halogens is 2. The van der Waals surface area contributed by atoms with Gasteiger partial charge >= 0.3 is 0 Å². The smallest absolute Gasteiger partial charge is 0.243 e. The number of hydrogen-bond donors (Lipinski definition) is 1. The Balaban J connectivity index is 1.81. The second kappa shape index (κ2) is 7.37. The molecule has 2 aromatic carbocycles. The van der Waals surface area contributed by atoms with E-state index >= 15 is 0 Å². The summed E-state index contributed by atoms with van der Waals surface area (Å²) >= 11 is 0. The molecule has 0 aliphatic rings. The Bertz CT molecular complexity index is 1110. The van der Waals surface area contributed by atoms with Crippen molar-refractivity contribution in [2.24, 2.45) is 0 Å². The number of ketones is 1. The van der Waals surface area contributed by atoms with Crippen LogP contribution in [0.25, 0.3) is 5.69 Å². The minimum absolute atomic E-state index is 0.0330. The lowest BCUT2D eigenvalue weighted by Crippen LogP contribution is -2.30. The molecule has 3 aromatic rings. The number of nitrogens with zero attached hydrogens (tertiary/aromatic N) is 2. The number of carbonyl (C=O) groups is 1. The zero-order valence-electron chi connectivity index (χ0n) is 14.2. The average Bonchev–Trinajstić information content (AvgIpc) is 3.06. The second-order valence-electron chi connectivity index (χ2n) is 5.78. The monoisotopic (exact) mass is 391 g/mol. The molecule has 0 unspecified atom stereocenters. The van der Waals surface area contributed by atoms with Crippen molar-refractivity contribution in [2.45, 2.75) is 11.8 Å². The molecular formula is C18H15F2N3O3S. The van der Waals surface area contributed by atoms with Crippen LogP contribution in [0.3, 0.4) is 0 Å². The number of aromatic nitrogens is 2. The molecule has 6 nitrogen and oxygen atoms in total. The summed E-state index contributed by atoms with van der Waals surface area (Å²) in [6, 6.07) is 10.1. The van der Waals surface area contributed by atoms with Gasteiger partial charge in [-0.3, -0.25) is 4.79 Å². The molecule has 1 heterocycles. The van der Waals surface area contributed by atoms with E-state index < -0.39 is 38.9 Å². The minimum Gasteiger partial charge on any atom is -0.293 e. The van der Waals surface area contributed by atoms with Gasteiger partial charge in [0.15, 0.2) is 5.78 Å². The first-order chi connectivity index (χ1) is 12.8. The Morgan fingerprint density at radius 2 is 1.89 bits per heavy atom. The molecule has 0 saturated heterocycles. The number of Topliss-reactive ketones (excluding diaryl/α,β-unsaturated/α-hetero) is 1. The number of sulfonamides is 1. The number of hydrogen-bond acceptors (Lipinski definition) is 4. The van der Waals surface area contributed by atoms with Crippen molar-refractivity contribution in [1.82, 2.24) is 14.5 Å². The van der Waals surface area contributed by atoms with Gasteiger partial charge in [0, 0.05) is 11.8 Å². The van der Waals surface area contributed by atoms with Crippen LogP contribution in [0.5, 0.6) is 0 Å². The van der Waals surface area contributed by atoms with Crippen LogP contribution in [0.2, 0.25) is 0 Å². The summed E-state index contributed by atoms with van der Waals surface area (Å²) in [5.41, 5.74) is 1.00. The molecule has 1 N–H and O–H groups in total. The van der Waals surface area contributed by atoms with Crippen LogP contribution in [0.4, 0.5) is 8.78 Å². The van der Waals surface area contributed by atoms with E-state index in [0.29, 0.717) is 11.4 Å². The maximum Gasteiger partial charge on any atom is 0.243 e. The van der Waals surface area contributed by atoms with E-state index in [2.05, 4.69) is 5.10 Å². The highest BCUT2D eigenvalue weighted by molar-refractivity contribution is 7.89. The largest absolute Gasteiger partial charge is 0.293 e. The Morgan fingerprint density at radius 3 is 2.56 bits per heavy atom. The number of rotatable bonds is 6. The van der Waals surface area contributed by atoms with E-state index in [-0.39, 0.29) is 5.56 Å². The lowest BCUT2D eigenvalue weighted by atomic mass is 10.1. The topological polar surface area (TPSA) is 81.1 Å². The maximum absolute atomic E-state index is 13.9. The van der Waals surface area contributed by atoms with Crippen LogP contribution >= 0.6 is 0 Å². The normalized spacial score (nSPS) is 11.5. The van der Waals surface area contributed by atoms with E-state index in [4.69, 9.17) is 0 Å². The lowest BCUT2D eigenvalue weighted by molar-refractivity contribution is 0.0996. The fraction of sp³-hybridized carbons (Fsp3) is 0.111. The third kappa shape index (κ3) is 4.26. The molecule has 27 heavy (non-hydrogen) atoms. The van der Waals surface area contributed by atoms with E-state index in [9.17, 15) is 22.0 Å². The van der Waals surface area contributed by atoms with Gasteiger partial charge in [-0.15, -0.1) is 0 Å². The molecule has 1 aromatic heterocycles. The molecule has 0 bridgehead atoms. The third-order valence-corrected chi connectivity index (χ3v) is 5.17. The second-order valence-corrected chi connectivity index (χ2v) is 7.51. The van der Waals surface area contributed by atoms with Crippen molar-refractivity contribution in [2.75, 3.05) is 6.54 Å². The van der Waals surface area contributed by atoms with Crippen molar-refractivity contribution in [3.63, 3.8) is 0 Å². The number of nitrogens with one attached hydrogen (secondary N) is 1. The van der Waals surface area contributed by atoms with Crippen molar-refractivity contribution >= 4 is 15.8 Å². The van der Waals surface area contributed by atoms with Crippen LogP contribution in [0.15, 0.2) is 59.6 Å². The zero-order chi connectivity index (χ0) is 19.6. The van der Waals surface area contributed by atoms with Gasteiger partial charge in [0.1, 0.15) is 16.5 Å². The fourth-order valence-electron chi connectivity index (χ4n) is 2.43. The fourth-order valence-corrected chi connectivity index (χ4v) is 3.49. The summed E-state index contributed by atoms with van der Waals surface area (Å²) in [5.74, 6) is -2.26. The van der Waals surface area contributed by atoms with Crippen LogP contribution < -0.4 is 4.72 Å². The van der Waals surface area contributed by atoms with Crippen molar-refractivity contribution in [3.8, 4) is 5.69 Å². The van der Waals surface area contributed by atoms with Gasteiger partial charge in [-0.25, -0.2) is 26.6 Å². The highest BCUT2D eigenvalue weighted by Crippen LogP contribution is 2.16. The van der Waals surface area contributed by atoms with Gasteiger partial charge in [0.25, 0.3) is 0 Å². The summed E-state index contributed by atoms with van der Waals surface area (Å²) in [6.45, 7) is 1.12. The highest BCUT2D eigenvalue weighted by atomic mass is 32.2. The van der Waals surface area contributed by atoms with Crippen molar-refractivity contribution in [1.29, 1.82) is 0 Å². The highest BCUT2D eigenvalue weighted by Gasteiger charge is 2.20. The van der Waals surface area contributed by atoms with Crippen molar-refractivity contribution < 1.29 is 22.0 Å². The van der Waals surface area contributed by atoms with Gasteiger partial charge in [-0.05, 0) is 43.3 Å². The molecule has 0 aliphatic carbocycles. The van der Waals surface area contributed by atoms with Gasteiger partial charge in [-0.1, -0.05) is 12.1 Å². The lowest BCUT2D eigenvalue weighted by Gasteiger charge is -2.09. The number of aryl methyl sites for hydroxylation is 1. The Labute approximate surface area is 154 Å². The first kappa shape index (κ1) is 18.9. The van der Waals surface area contributed by atoms with E-state index in [0.717, 1.165) is 18.2 Å². The minimum atomic E-state index is -4.22. The van der Waals surface area contributed by atoms with Gasteiger partial charge in [0.2, 0.25) is 10.0 Å². The molecule has 0 spiro atoms. The average molecular weight is 391 g/mol. The summed E-state index contributed by atoms with van der Waals surface area (Å²) in [6.07, 6.45) is 1.61. The molecule has 0 aliphatic heterocycles. The molecule has 140 valence electrons. The van der Waals surface area contributed by atoms with Crippen molar-refractivity contribution in [3.05, 3.63) is 77.6 Å². The first-order valence-electron chi connectivity index (χ1n) is 7.87. The molecule has 0 saturated carbocycles. The van der Waals surface area contributed by atoms with Crippen LogP contribution in [-0.4, -0.2) is 30.5 Å². The number of carbonyl (C=O) groups excluding carboxylic acids is 1. The zero-order valence-corrected chi connectivity index (χ0v) is 15.0. The Kier molecular flexibility index (Phi) is 5.15. The quantitative estimate of drug-likeness (QED) is 0.655. The molecule has 0 radical (unpaired) electrons. The SMILES string of the molecule is Cc1ccn(-c2cc(F)cc(C(=O)CNS(=O)(=O)c3ccccc3F)c2)n1. The van der Waals surface area contributed by atoms with Gasteiger partial charge in [-0.2, -0.15) is 5.10 Å². The maximum atomic E-state index is 13.9. The third-order valence-electron chi connectivity index (χ3n) is 3.74. The van der Waals surface area contributed by atoms with E-state index in [1.54, 1.807) is 19.2 Å². The first-order valence-corrected chi connectivity index (χ1v) is 9.35. The molecule has 0 atom stereocenters. The standard InChI is InChI=1S/C18H15F2N3O3S/c1-12-6-7-23(22-12)15-9-13(8-14(19)10-15)17(24)11-21-27(25,26)18-5-3-2-4-16(18)20/h2-10,21H,11H2,1H3. The van der Waals surface area contributed by atoms with Gasteiger partial charge in [0.05, 0.1) is 17.9 Å². The molecular weight excluding hydrogens is 376 g/mol. The Hall–Kier alpha value is -2.91. The predicted molar refractivity (Wildman–Crippen MR) is 94.2 cm³/mol. The molecule has 3 rings (SSSR count). The predicted octanol–water partition coefficient (Wildman–Crippen LogP) is 2.62. The summed E-state index contributed by atoms with van der Waals surface area (Å²) in [4.78, 5) is 11.8. The van der Waals surface area contributed by atoms with E-state index in [1.807, 2.05) is 4.72 Å². The summed E-state index contributed by atoms with van der Waals surface area (Å²) in [7, 11) is -4.22. The Morgan fingerprint density at radius 1 is 1.15 bits per heavy atom. The summed E-state index contributed by atoms with van der Waals surface area (Å²) < 4.78 is 55.3. The van der Waals surface area contributed by atoms with Crippen LogP contribution in [0.1, 0.15) is 16.1 Å². The van der Waals surface area contributed by atoms with Crippen LogP contribution in [0, 0.1) is 18.6 Å². The number of benzene rings is 2.